The number of nitrogens with one attached hydrogen (secondary N) is 2. The van der Waals surface area contributed by atoms with Crippen molar-refractivity contribution in [3.63, 3.8) is 0 Å². The van der Waals surface area contributed by atoms with Crippen LogP contribution in [0.5, 0.6) is 5.75 Å². The fourth-order valence-electron chi connectivity index (χ4n) is 3.30. The number of rotatable bonds is 9. The summed E-state index contributed by atoms with van der Waals surface area (Å²) in [5.74, 6) is -0.105. The number of hydrogen-bond acceptors (Lipinski definition) is 6. The van der Waals surface area contributed by atoms with E-state index in [-0.39, 0.29) is 23.6 Å². The van der Waals surface area contributed by atoms with E-state index in [1.807, 2.05) is 6.07 Å². The van der Waals surface area contributed by atoms with Crippen LogP contribution in [0.15, 0.2) is 75.1 Å². The highest BCUT2D eigenvalue weighted by molar-refractivity contribution is 7.89. The maximum Gasteiger partial charge on any atom is 0.330 e. The van der Waals surface area contributed by atoms with Gasteiger partial charge in [0.25, 0.3) is 5.56 Å². The summed E-state index contributed by atoms with van der Waals surface area (Å²) in [4.78, 5) is 37.1. The van der Waals surface area contributed by atoms with Gasteiger partial charge < -0.3 is 10.1 Å². The molecule has 0 aliphatic heterocycles. The molecule has 1 atom stereocenters. The molecule has 1 heterocycles. The molecule has 2 N–H and O–H groups in total. The lowest BCUT2D eigenvalue weighted by molar-refractivity contribution is -0.122. The lowest BCUT2D eigenvalue weighted by Gasteiger charge is -2.19. The summed E-state index contributed by atoms with van der Waals surface area (Å²) in [7, 11) is 0.279. The van der Waals surface area contributed by atoms with E-state index < -0.39 is 33.2 Å². The van der Waals surface area contributed by atoms with Crippen LogP contribution in [0.1, 0.15) is 11.3 Å². The number of aromatic nitrogens is 2. The monoisotopic (exact) mass is 486 g/mol. The van der Waals surface area contributed by atoms with E-state index in [4.69, 9.17) is 4.74 Å². The number of nitrogens with zero attached hydrogens (tertiary/aromatic N) is 2. The second kappa shape index (κ2) is 10.5. The largest absolute Gasteiger partial charge is 0.497 e. The molecule has 3 aromatic rings. The van der Waals surface area contributed by atoms with E-state index in [1.165, 1.54) is 56.1 Å². The molecule has 0 aliphatic rings. The van der Waals surface area contributed by atoms with E-state index >= 15 is 0 Å². The van der Waals surface area contributed by atoms with Crippen molar-refractivity contribution in [2.75, 3.05) is 7.11 Å². The molecule has 1 amide bonds. The fraction of sp³-hybridized carbons (Fsp3) is 0.261. The van der Waals surface area contributed by atoms with Gasteiger partial charge in [0, 0.05) is 25.9 Å². The Morgan fingerprint density at radius 3 is 2.26 bits per heavy atom. The van der Waals surface area contributed by atoms with E-state index in [2.05, 4.69) is 10.0 Å². The normalized spacial score (nSPS) is 12.2. The van der Waals surface area contributed by atoms with Crippen LogP contribution in [-0.4, -0.2) is 36.6 Å². The number of amides is 1. The number of ether oxygens (including phenoxy) is 1. The molecule has 34 heavy (non-hydrogen) atoms. The lowest BCUT2D eigenvalue weighted by Crippen LogP contribution is -2.48. The average molecular weight is 487 g/mol. The zero-order valence-electron chi connectivity index (χ0n) is 19.0. The van der Waals surface area contributed by atoms with Gasteiger partial charge in [-0.15, -0.1) is 0 Å². The van der Waals surface area contributed by atoms with Crippen LogP contribution >= 0.6 is 0 Å². The van der Waals surface area contributed by atoms with Crippen LogP contribution in [0.4, 0.5) is 0 Å². The number of sulfonamides is 1. The van der Waals surface area contributed by atoms with E-state index in [1.54, 1.807) is 24.3 Å². The van der Waals surface area contributed by atoms with Gasteiger partial charge in [0.2, 0.25) is 15.9 Å². The number of carbonyl (C=O) groups excluding carboxylic acids is 1. The Balaban J connectivity index is 1.84. The SMILES string of the molecule is COc1ccc(S(=O)(=O)N[C@H](Cc2ccccc2)C(=O)NCc2cc(=O)n(C)c(=O)n2C)cc1. The van der Waals surface area contributed by atoms with Gasteiger partial charge in [-0.25, -0.2) is 13.2 Å². The van der Waals surface area contributed by atoms with Gasteiger partial charge in [0.1, 0.15) is 11.8 Å². The highest BCUT2D eigenvalue weighted by Crippen LogP contribution is 2.16. The van der Waals surface area contributed by atoms with Crippen molar-refractivity contribution in [3.8, 4) is 5.75 Å². The Kier molecular flexibility index (Phi) is 7.69. The first-order valence-corrected chi connectivity index (χ1v) is 11.8. The summed E-state index contributed by atoms with van der Waals surface area (Å²) in [6, 6.07) is 14.9. The summed E-state index contributed by atoms with van der Waals surface area (Å²) in [5.41, 5.74) is 0.00479. The van der Waals surface area contributed by atoms with Gasteiger partial charge in [0.05, 0.1) is 18.6 Å². The third-order valence-corrected chi connectivity index (χ3v) is 6.82. The molecule has 0 unspecified atom stereocenters. The van der Waals surface area contributed by atoms with Crippen LogP contribution in [0.3, 0.4) is 0 Å². The van der Waals surface area contributed by atoms with Crippen molar-refractivity contribution in [2.45, 2.75) is 23.9 Å². The van der Waals surface area contributed by atoms with Crippen molar-refractivity contribution in [3.05, 3.63) is 92.8 Å². The predicted molar refractivity (Wildman–Crippen MR) is 126 cm³/mol. The lowest BCUT2D eigenvalue weighted by atomic mass is 10.1. The number of benzene rings is 2. The Morgan fingerprint density at radius 2 is 1.65 bits per heavy atom. The summed E-state index contributed by atoms with van der Waals surface area (Å²) < 4.78 is 35.7. The van der Waals surface area contributed by atoms with Crippen molar-refractivity contribution in [1.82, 2.24) is 19.2 Å². The molecular weight excluding hydrogens is 460 g/mol. The molecule has 0 radical (unpaired) electrons. The maximum atomic E-state index is 13.0. The first-order valence-electron chi connectivity index (χ1n) is 10.4. The van der Waals surface area contributed by atoms with Crippen LogP contribution < -0.4 is 26.0 Å². The van der Waals surface area contributed by atoms with Crippen LogP contribution in [0, 0.1) is 0 Å². The third-order valence-electron chi connectivity index (χ3n) is 5.34. The second-order valence-electron chi connectivity index (χ2n) is 7.63. The molecule has 0 fully saturated rings. The van der Waals surface area contributed by atoms with Crippen LogP contribution in [0.2, 0.25) is 0 Å². The van der Waals surface area contributed by atoms with E-state index in [9.17, 15) is 22.8 Å². The Morgan fingerprint density at radius 1 is 1.00 bits per heavy atom. The first-order chi connectivity index (χ1) is 16.1. The van der Waals surface area contributed by atoms with Crippen molar-refractivity contribution in [2.24, 2.45) is 14.1 Å². The smallest absolute Gasteiger partial charge is 0.330 e. The molecule has 10 nitrogen and oxygen atoms in total. The maximum absolute atomic E-state index is 13.0. The quantitative estimate of drug-likeness (QED) is 0.448. The molecule has 0 aliphatic carbocycles. The zero-order valence-corrected chi connectivity index (χ0v) is 19.8. The van der Waals surface area contributed by atoms with Crippen LogP contribution in [-0.2, 0) is 41.9 Å². The number of carbonyl (C=O) groups is 1. The molecule has 11 heteroatoms. The number of hydrogen-bond donors (Lipinski definition) is 2. The number of methoxy groups -OCH3 is 1. The van der Waals surface area contributed by atoms with Gasteiger partial charge in [-0.1, -0.05) is 30.3 Å². The van der Waals surface area contributed by atoms with Crippen molar-refractivity contribution >= 4 is 15.9 Å². The minimum Gasteiger partial charge on any atom is -0.497 e. The minimum atomic E-state index is -4.03. The Bertz CT molecular complexity index is 1380. The molecule has 180 valence electrons. The third kappa shape index (κ3) is 5.80. The van der Waals surface area contributed by atoms with Gasteiger partial charge in [-0.2, -0.15) is 4.72 Å². The van der Waals surface area contributed by atoms with E-state index in [0.717, 1.165) is 10.1 Å². The molecule has 0 bridgehead atoms. The standard InChI is InChI=1S/C23H26N4O6S/c1-26-17(14-21(28)27(2)23(26)30)15-24-22(29)20(13-16-7-5-4-6-8-16)25-34(31,32)19-11-9-18(33-3)10-12-19/h4-12,14,20,25H,13,15H2,1-3H3,(H,24,29)/t20-/m1/s1. The molecule has 2 aromatic carbocycles. The molecule has 1 aromatic heterocycles. The Hall–Kier alpha value is -3.70. The van der Waals surface area contributed by atoms with Gasteiger partial charge in [-0.05, 0) is 36.2 Å². The molecule has 3 rings (SSSR count). The molecular formula is C23H26N4O6S. The Labute approximate surface area is 196 Å². The highest BCUT2D eigenvalue weighted by Gasteiger charge is 2.26. The van der Waals surface area contributed by atoms with Crippen molar-refractivity contribution in [1.29, 1.82) is 0 Å². The van der Waals surface area contributed by atoms with E-state index in [0.29, 0.717) is 5.75 Å². The second-order valence-corrected chi connectivity index (χ2v) is 9.35. The zero-order chi connectivity index (χ0) is 24.9. The summed E-state index contributed by atoms with van der Waals surface area (Å²) in [5, 5.41) is 2.63. The average Bonchev–Trinajstić information content (AvgIpc) is 2.84. The minimum absolute atomic E-state index is 0.0203. The predicted octanol–water partition coefficient (Wildman–Crippen LogP) is 0.299. The van der Waals surface area contributed by atoms with Crippen molar-refractivity contribution < 1.29 is 17.9 Å². The molecule has 0 saturated heterocycles. The highest BCUT2D eigenvalue weighted by atomic mass is 32.2. The summed E-state index contributed by atoms with van der Waals surface area (Å²) in [6.45, 7) is -0.129. The molecule has 0 saturated carbocycles. The van der Waals surface area contributed by atoms with Gasteiger partial charge in [0.15, 0.2) is 0 Å². The van der Waals surface area contributed by atoms with Crippen LogP contribution in [0.25, 0.3) is 0 Å². The summed E-state index contributed by atoms with van der Waals surface area (Å²) in [6.07, 6.45) is 0.0948. The fourth-order valence-corrected chi connectivity index (χ4v) is 4.49. The van der Waals surface area contributed by atoms with Gasteiger partial charge in [-0.3, -0.25) is 18.7 Å². The summed E-state index contributed by atoms with van der Waals surface area (Å²) >= 11 is 0. The topological polar surface area (TPSA) is 128 Å². The van der Waals surface area contributed by atoms with Gasteiger partial charge >= 0.3 is 5.69 Å². The first kappa shape index (κ1) is 24.9. The molecule has 0 spiro atoms.